The Bertz CT molecular complexity index is 1520. The number of fused-ring (bicyclic) bond motifs is 2. The fourth-order valence-electron chi connectivity index (χ4n) is 3.94. The van der Waals surface area contributed by atoms with Gasteiger partial charge in [0.25, 0.3) is 7.52 Å². The lowest BCUT2D eigenvalue weighted by Crippen LogP contribution is -2.34. The molecule has 0 aliphatic carbocycles. The monoisotopic (exact) mass is 549 g/mol. The first-order valence-electron chi connectivity index (χ1n) is 11.7. The Morgan fingerprint density at radius 3 is 2.76 bits per heavy atom. The van der Waals surface area contributed by atoms with Gasteiger partial charge in [0, 0.05) is 29.3 Å². The molecule has 0 radical (unpaired) electrons. The number of rotatable bonds is 12. The van der Waals surface area contributed by atoms with E-state index in [4.69, 9.17) is 23.8 Å². The summed E-state index contributed by atoms with van der Waals surface area (Å²) in [5, 5.41) is 16.2. The largest absolute Gasteiger partial charge is 0.489 e. The summed E-state index contributed by atoms with van der Waals surface area (Å²) in [4.78, 5) is 18.4. The molecular formula is C24H29FN5O7P. The lowest BCUT2D eigenvalue weighted by Gasteiger charge is -2.24. The average Bonchev–Trinajstić information content (AvgIpc) is 3.39. The summed E-state index contributed by atoms with van der Waals surface area (Å²) in [5.41, 5.74) is 2.59. The summed E-state index contributed by atoms with van der Waals surface area (Å²) in [6.07, 6.45) is 1.88. The van der Waals surface area contributed by atoms with Crippen LogP contribution in [-0.2, 0) is 18.6 Å². The van der Waals surface area contributed by atoms with Gasteiger partial charge in [-0.2, -0.15) is 10.1 Å². The Kier molecular flexibility index (Phi) is 8.02. The molecule has 0 bridgehead atoms. The molecule has 3 atom stereocenters. The number of H-pyrrole nitrogens is 1. The molecule has 4 rings (SSSR count). The van der Waals surface area contributed by atoms with Crippen LogP contribution in [0.25, 0.3) is 16.4 Å². The van der Waals surface area contributed by atoms with Crippen LogP contribution in [-0.4, -0.2) is 62.9 Å². The van der Waals surface area contributed by atoms with Crippen LogP contribution in [0.4, 0.5) is 4.39 Å². The van der Waals surface area contributed by atoms with Crippen LogP contribution in [0.3, 0.4) is 0 Å². The van der Waals surface area contributed by atoms with E-state index in [-0.39, 0.29) is 24.6 Å². The van der Waals surface area contributed by atoms with Crippen LogP contribution in [0.2, 0.25) is 0 Å². The highest BCUT2D eigenvalue weighted by atomic mass is 31.2. The van der Waals surface area contributed by atoms with E-state index in [1.165, 1.54) is 30.9 Å². The predicted octanol–water partition coefficient (Wildman–Crippen LogP) is 4.40. The van der Waals surface area contributed by atoms with Gasteiger partial charge in [-0.3, -0.25) is 9.36 Å². The molecule has 0 spiro atoms. The number of aryl methyl sites for hydroxylation is 2. The van der Waals surface area contributed by atoms with Crippen LogP contribution in [0.5, 0.6) is 17.4 Å². The standard InChI is InChI=1S/C24H29FN5O7P/c1-13-8-17-18(28-13)6-7-19(21(17)25)36-23-22-15(3)20(9-30(22)27-11-26-23)35-10-14(2)37-38(33,12-34-5)29-16(4)24(31)32/h6-9,11,14,16,28H,10,12H2,1-5H3,(H,29,33)(H,31,32)/t14-,16-,38?/m0/s1. The van der Waals surface area contributed by atoms with Gasteiger partial charge in [-0.1, -0.05) is 0 Å². The number of hydrogen-bond donors (Lipinski definition) is 3. The predicted molar refractivity (Wildman–Crippen MR) is 137 cm³/mol. The molecule has 0 aliphatic heterocycles. The van der Waals surface area contributed by atoms with Crippen molar-refractivity contribution in [3.8, 4) is 17.4 Å². The smallest absolute Gasteiger partial charge is 0.320 e. The fraction of sp³-hybridized carbons (Fsp3) is 0.375. The van der Waals surface area contributed by atoms with Gasteiger partial charge >= 0.3 is 5.97 Å². The molecule has 204 valence electrons. The van der Waals surface area contributed by atoms with Crippen molar-refractivity contribution < 1.29 is 37.6 Å². The number of carbonyl (C=O) groups is 1. The Morgan fingerprint density at radius 2 is 2.05 bits per heavy atom. The molecule has 14 heteroatoms. The lowest BCUT2D eigenvalue weighted by atomic mass is 10.2. The van der Waals surface area contributed by atoms with Crippen molar-refractivity contribution in [2.24, 2.45) is 0 Å². The molecule has 0 amide bonds. The zero-order valence-corrected chi connectivity index (χ0v) is 22.4. The first-order chi connectivity index (χ1) is 18.0. The Morgan fingerprint density at radius 1 is 1.29 bits per heavy atom. The second-order valence-electron chi connectivity index (χ2n) is 8.88. The van der Waals surface area contributed by atoms with Crippen molar-refractivity contribution in [1.29, 1.82) is 0 Å². The second-order valence-corrected chi connectivity index (χ2v) is 11.0. The van der Waals surface area contributed by atoms with Crippen molar-refractivity contribution in [2.75, 3.05) is 20.1 Å². The molecule has 4 aromatic rings. The van der Waals surface area contributed by atoms with Crippen LogP contribution >= 0.6 is 7.52 Å². The van der Waals surface area contributed by atoms with E-state index >= 15 is 4.39 Å². The first kappa shape index (κ1) is 27.5. The number of aliphatic carboxylic acids is 1. The number of carboxylic acid groups (broad SMARTS) is 1. The normalized spacial score (nSPS) is 14.9. The quantitative estimate of drug-likeness (QED) is 0.217. The molecule has 3 N–H and O–H groups in total. The average molecular weight is 549 g/mol. The topological polar surface area (TPSA) is 149 Å². The molecule has 3 heterocycles. The van der Waals surface area contributed by atoms with Crippen LogP contribution in [0, 0.1) is 19.7 Å². The SMILES string of the molecule is COCP(=O)(N[C@@H](C)C(=O)O)O[C@@H](C)COc1cn2ncnc(Oc3ccc4[nH]c(C)cc4c3F)c2c1C. The number of hydrogen-bond acceptors (Lipinski definition) is 8. The van der Waals surface area contributed by atoms with Gasteiger partial charge in [-0.15, -0.1) is 0 Å². The fourth-order valence-corrected chi connectivity index (χ4v) is 5.82. The van der Waals surface area contributed by atoms with Crippen LogP contribution in [0.1, 0.15) is 25.1 Å². The van der Waals surface area contributed by atoms with Crippen molar-refractivity contribution in [3.63, 3.8) is 0 Å². The zero-order chi connectivity index (χ0) is 27.6. The van der Waals surface area contributed by atoms with Gasteiger partial charge < -0.3 is 28.8 Å². The van der Waals surface area contributed by atoms with E-state index in [1.54, 1.807) is 32.2 Å². The van der Waals surface area contributed by atoms with Gasteiger partial charge in [0.15, 0.2) is 11.6 Å². The summed E-state index contributed by atoms with van der Waals surface area (Å²) in [7, 11) is -2.30. The molecule has 1 unspecified atom stereocenters. The highest BCUT2D eigenvalue weighted by Gasteiger charge is 2.30. The molecule has 0 saturated carbocycles. The Hall–Kier alpha value is -3.51. The summed E-state index contributed by atoms with van der Waals surface area (Å²) < 4.78 is 52.0. The number of carboxylic acids is 1. The number of halogens is 1. The number of aromatic amines is 1. The second kappa shape index (κ2) is 11.1. The molecule has 3 aromatic heterocycles. The Labute approximate surface area is 217 Å². The van der Waals surface area contributed by atoms with E-state index in [1.807, 2.05) is 6.92 Å². The van der Waals surface area contributed by atoms with Crippen LogP contribution in [0.15, 0.2) is 30.7 Å². The lowest BCUT2D eigenvalue weighted by molar-refractivity contribution is -0.138. The van der Waals surface area contributed by atoms with Crippen LogP contribution < -0.4 is 14.6 Å². The van der Waals surface area contributed by atoms with Gasteiger partial charge in [0.1, 0.15) is 36.6 Å². The summed E-state index contributed by atoms with van der Waals surface area (Å²) in [6, 6.07) is 3.85. The number of nitrogens with one attached hydrogen (secondary N) is 2. The van der Waals surface area contributed by atoms with E-state index in [2.05, 4.69) is 20.2 Å². The highest BCUT2D eigenvalue weighted by molar-refractivity contribution is 7.56. The number of methoxy groups -OCH3 is 1. The van der Waals surface area contributed by atoms with Crippen molar-refractivity contribution in [3.05, 3.63) is 47.8 Å². The third-order valence-corrected chi connectivity index (χ3v) is 7.75. The van der Waals surface area contributed by atoms with Gasteiger partial charge in [0.05, 0.1) is 12.3 Å². The molecule has 0 fully saturated rings. The maximum atomic E-state index is 15.1. The van der Waals surface area contributed by atoms with Crippen molar-refractivity contribution in [1.82, 2.24) is 24.7 Å². The molecule has 0 aliphatic rings. The van der Waals surface area contributed by atoms with E-state index in [9.17, 15) is 9.36 Å². The van der Waals surface area contributed by atoms with Gasteiger partial charge in [-0.05, 0) is 45.9 Å². The molecule has 0 saturated heterocycles. The minimum Gasteiger partial charge on any atom is -0.489 e. The van der Waals surface area contributed by atoms with Crippen molar-refractivity contribution >= 4 is 29.9 Å². The number of ether oxygens (including phenoxy) is 3. The summed E-state index contributed by atoms with van der Waals surface area (Å²) in [6.45, 7) is 6.59. The molecule has 38 heavy (non-hydrogen) atoms. The maximum Gasteiger partial charge on any atom is 0.320 e. The third-order valence-electron chi connectivity index (χ3n) is 5.67. The maximum absolute atomic E-state index is 15.1. The number of aromatic nitrogens is 4. The summed E-state index contributed by atoms with van der Waals surface area (Å²) >= 11 is 0. The van der Waals surface area contributed by atoms with E-state index in [0.29, 0.717) is 27.7 Å². The summed E-state index contributed by atoms with van der Waals surface area (Å²) in [5.74, 6) is -1.11. The zero-order valence-electron chi connectivity index (χ0n) is 21.5. The first-order valence-corrected chi connectivity index (χ1v) is 13.5. The molecular weight excluding hydrogens is 520 g/mol. The molecule has 12 nitrogen and oxygen atoms in total. The van der Waals surface area contributed by atoms with Gasteiger partial charge in [0.2, 0.25) is 5.88 Å². The number of nitrogens with zero attached hydrogens (tertiary/aromatic N) is 3. The minimum atomic E-state index is -3.63. The third kappa shape index (κ3) is 5.81. The van der Waals surface area contributed by atoms with E-state index in [0.717, 1.165) is 5.69 Å². The Balaban J connectivity index is 1.51. The van der Waals surface area contributed by atoms with Gasteiger partial charge in [-0.25, -0.2) is 14.0 Å². The van der Waals surface area contributed by atoms with E-state index < -0.39 is 31.5 Å². The minimum absolute atomic E-state index is 0.0131. The number of benzene rings is 1. The molecule has 1 aromatic carbocycles. The van der Waals surface area contributed by atoms with Crippen molar-refractivity contribution in [2.45, 2.75) is 39.8 Å². The highest BCUT2D eigenvalue weighted by Crippen LogP contribution is 2.44.